The largest absolute Gasteiger partial charge is 0.356 e. The number of nitrogens with two attached hydrogens (primary N) is 1. The molecule has 0 saturated carbocycles. The summed E-state index contributed by atoms with van der Waals surface area (Å²) in [5.74, 6) is -0.474. The predicted molar refractivity (Wildman–Crippen MR) is 72.4 cm³/mol. The van der Waals surface area contributed by atoms with Crippen molar-refractivity contribution in [3.05, 3.63) is 39.9 Å². The molecule has 0 aliphatic carbocycles. The molecule has 0 aliphatic heterocycles. The van der Waals surface area contributed by atoms with Gasteiger partial charge in [-0.2, -0.15) is 0 Å². The van der Waals surface area contributed by atoms with Gasteiger partial charge in [-0.25, -0.2) is 13.6 Å². The van der Waals surface area contributed by atoms with Gasteiger partial charge < -0.3 is 5.32 Å². The van der Waals surface area contributed by atoms with Crippen LogP contribution < -0.4 is 10.5 Å². The van der Waals surface area contributed by atoms with Gasteiger partial charge in [0.2, 0.25) is 15.9 Å². The molecule has 1 aromatic rings. The SMILES string of the molecule is NS(=O)(=O)CCCNC(=O)Cc1ccc([N+](=O)[O-])cc1. The summed E-state index contributed by atoms with van der Waals surface area (Å²) in [5, 5.41) is 17.8. The van der Waals surface area contributed by atoms with Crippen LogP contribution in [0, 0.1) is 10.1 Å². The number of rotatable bonds is 7. The van der Waals surface area contributed by atoms with Gasteiger partial charge in [-0.1, -0.05) is 12.1 Å². The van der Waals surface area contributed by atoms with Gasteiger partial charge in [0, 0.05) is 18.7 Å². The van der Waals surface area contributed by atoms with E-state index in [0.717, 1.165) is 0 Å². The lowest BCUT2D eigenvalue weighted by molar-refractivity contribution is -0.384. The summed E-state index contributed by atoms with van der Waals surface area (Å²) in [6.45, 7) is 0.211. The number of hydrogen-bond donors (Lipinski definition) is 2. The van der Waals surface area contributed by atoms with Gasteiger partial charge in [-0.05, 0) is 12.0 Å². The van der Waals surface area contributed by atoms with E-state index in [4.69, 9.17) is 5.14 Å². The Morgan fingerprint density at radius 3 is 2.40 bits per heavy atom. The van der Waals surface area contributed by atoms with E-state index in [1.54, 1.807) is 0 Å². The minimum Gasteiger partial charge on any atom is -0.356 e. The Morgan fingerprint density at radius 2 is 1.90 bits per heavy atom. The first-order valence-corrected chi connectivity index (χ1v) is 7.50. The molecule has 3 N–H and O–H groups in total. The first kappa shape index (κ1) is 16.1. The Bertz CT molecular complexity index is 583. The molecule has 0 bridgehead atoms. The number of nitro benzene ring substituents is 1. The van der Waals surface area contributed by atoms with E-state index in [9.17, 15) is 23.3 Å². The predicted octanol–water partition coefficient (Wildman–Crippen LogP) is -0.0679. The second-order valence-corrected chi connectivity index (χ2v) is 5.90. The van der Waals surface area contributed by atoms with Gasteiger partial charge in [0.1, 0.15) is 0 Å². The summed E-state index contributed by atoms with van der Waals surface area (Å²) < 4.78 is 21.3. The molecule has 8 nitrogen and oxygen atoms in total. The monoisotopic (exact) mass is 301 g/mol. The number of nitro groups is 1. The molecule has 20 heavy (non-hydrogen) atoms. The zero-order valence-corrected chi connectivity index (χ0v) is 11.4. The average molecular weight is 301 g/mol. The number of benzene rings is 1. The van der Waals surface area contributed by atoms with Gasteiger partial charge >= 0.3 is 0 Å². The van der Waals surface area contributed by atoms with Crippen LogP contribution in [0.1, 0.15) is 12.0 Å². The Morgan fingerprint density at radius 1 is 1.30 bits per heavy atom. The van der Waals surface area contributed by atoms with Crippen LogP contribution in [0.15, 0.2) is 24.3 Å². The Balaban J connectivity index is 2.37. The molecule has 0 aromatic heterocycles. The second kappa shape index (κ2) is 6.96. The molecule has 0 fully saturated rings. The lowest BCUT2D eigenvalue weighted by atomic mass is 10.1. The topological polar surface area (TPSA) is 132 Å². The summed E-state index contributed by atoms with van der Waals surface area (Å²) in [6.07, 6.45) is 0.318. The van der Waals surface area contributed by atoms with Crippen LogP contribution in [0.25, 0.3) is 0 Å². The zero-order chi connectivity index (χ0) is 15.2. The Kier molecular flexibility index (Phi) is 5.59. The van der Waals surface area contributed by atoms with E-state index in [-0.39, 0.29) is 36.7 Å². The van der Waals surface area contributed by atoms with Crippen molar-refractivity contribution in [3.8, 4) is 0 Å². The fraction of sp³-hybridized carbons (Fsp3) is 0.364. The van der Waals surface area contributed by atoms with Crippen molar-refractivity contribution >= 4 is 21.6 Å². The highest BCUT2D eigenvalue weighted by Gasteiger charge is 2.07. The molecule has 1 amide bonds. The van der Waals surface area contributed by atoms with E-state index >= 15 is 0 Å². The van der Waals surface area contributed by atoms with Gasteiger partial charge in [-0.3, -0.25) is 14.9 Å². The van der Waals surface area contributed by atoms with E-state index in [1.165, 1.54) is 24.3 Å². The molecule has 9 heteroatoms. The number of hydrogen-bond acceptors (Lipinski definition) is 5. The van der Waals surface area contributed by atoms with Crippen LogP contribution in [0.2, 0.25) is 0 Å². The van der Waals surface area contributed by atoms with E-state index in [2.05, 4.69) is 5.32 Å². The summed E-state index contributed by atoms with van der Waals surface area (Å²) in [5.41, 5.74) is 0.599. The van der Waals surface area contributed by atoms with Gasteiger partial charge in [0.25, 0.3) is 5.69 Å². The van der Waals surface area contributed by atoms with Gasteiger partial charge in [-0.15, -0.1) is 0 Å². The van der Waals surface area contributed by atoms with E-state index < -0.39 is 14.9 Å². The standard InChI is InChI=1S/C11H15N3O5S/c12-20(18,19)7-1-6-13-11(15)8-9-2-4-10(5-3-9)14(16)17/h2-5H,1,6-8H2,(H,13,15)(H2,12,18,19). The summed E-state index contributed by atoms with van der Waals surface area (Å²) in [7, 11) is -3.51. The van der Waals surface area contributed by atoms with Crippen molar-refractivity contribution in [2.24, 2.45) is 5.14 Å². The first-order chi connectivity index (χ1) is 9.28. The maximum atomic E-state index is 11.5. The molecule has 0 unspecified atom stereocenters. The fourth-order valence-corrected chi connectivity index (χ4v) is 2.03. The number of non-ortho nitro benzene ring substituents is 1. The lowest BCUT2D eigenvalue weighted by Crippen LogP contribution is -2.28. The quantitative estimate of drug-likeness (QED) is 0.413. The van der Waals surface area contributed by atoms with Gasteiger partial charge in [0.05, 0.1) is 17.1 Å². The van der Waals surface area contributed by atoms with E-state index in [0.29, 0.717) is 5.56 Å². The van der Waals surface area contributed by atoms with Gasteiger partial charge in [0.15, 0.2) is 0 Å². The summed E-state index contributed by atoms with van der Waals surface area (Å²) in [6, 6.07) is 5.65. The number of carbonyl (C=O) groups excluding carboxylic acids is 1. The van der Waals surface area contributed by atoms with Crippen molar-refractivity contribution in [1.82, 2.24) is 5.32 Å². The smallest absolute Gasteiger partial charge is 0.269 e. The highest BCUT2D eigenvalue weighted by atomic mass is 32.2. The number of amides is 1. The minimum absolute atomic E-state index is 0.0395. The molecule has 0 aliphatic rings. The molecular formula is C11H15N3O5S. The van der Waals surface area contributed by atoms with Crippen LogP contribution in [-0.2, 0) is 21.2 Å². The number of nitrogens with one attached hydrogen (secondary N) is 1. The zero-order valence-electron chi connectivity index (χ0n) is 10.6. The second-order valence-electron chi connectivity index (χ2n) is 4.17. The van der Waals surface area contributed by atoms with Crippen molar-refractivity contribution < 1.29 is 18.1 Å². The average Bonchev–Trinajstić information content (AvgIpc) is 2.34. The van der Waals surface area contributed by atoms with E-state index in [1.807, 2.05) is 0 Å². The maximum Gasteiger partial charge on any atom is 0.269 e. The van der Waals surface area contributed by atoms with Crippen LogP contribution in [0.4, 0.5) is 5.69 Å². The normalized spacial score (nSPS) is 11.1. The Labute approximate surface area is 116 Å². The molecule has 0 saturated heterocycles. The fourth-order valence-electron chi connectivity index (χ4n) is 1.48. The lowest BCUT2D eigenvalue weighted by Gasteiger charge is -2.04. The number of sulfonamides is 1. The van der Waals surface area contributed by atoms with Crippen molar-refractivity contribution in [3.63, 3.8) is 0 Å². The first-order valence-electron chi connectivity index (χ1n) is 5.78. The molecule has 0 spiro atoms. The van der Waals surface area contributed by atoms with Crippen molar-refractivity contribution in [2.75, 3.05) is 12.3 Å². The van der Waals surface area contributed by atoms with Crippen LogP contribution in [0.3, 0.4) is 0 Å². The molecule has 1 aromatic carbocycles. The van der Waals surface area contributed by atoms with Crippen LogP contribution in [-0.4, -0.2) is 31.5 Å². The number of carbonyl (C=O) groups is 1. The molecule has 110 valence electrons. The van der Waals surface area contributed by atoms with Crippen LogP contribution in [0.5, 0.6) is 0 Å². The van der Waals surface area contributed by atoms with Crippen molar-refractivity contribution in [2.45, 2.75) is 12.8 Å². The third-order valence-corrected chi connectivity index (χ3v) is 3.30. The molecular weight excluding hydrogens is 286 g/mol. The molecule has 1 rings (SSSR count). The Hall–Kier alpha value is -2.00. The molecule has 0 radical (unpaired) electrons. The summed E-state index contributed by atoms with van der Waals surface area (Å²) in [4.78, 5) is 21.5. The number of primary sulfonamides is 1. The maximum absolute atomic E-state index is 11.5. The van der Waals surface area contributed by atoms with Crippen LogP contribution >= 0.6 is 0 Å². The third kappa shape index (κ3) is 6.25. The molecule has 0 heterocycles. The summed E-state index contributed by atoms with van der Waals surface area (Å²) >= 11 is 0. The van der Waals surface area contributed by atoms with Crippen molar-refractivity contribution in [1.29, 1.82) is 0 Å². The minimum atomic E-state index is -3.51. The highest BCUT2D eigenvalue weighted by Crippen LogP contribution is 2.12. The highest BCUT2D eigenvalue weighted by molar-refractivity contribution is 7.89. The molecule has 0 atom stereocenters. The third-order valence-electron chi connectivity index (χ3n) is 2.44. The number of nitrogens with zero attached hydrogens (tertiary/aromatic N) is 1.